The average Bonchev–Trinajstić information content (AvgIpc) is 2.03. The Morgan fingerprint density at radius 1 is 1.42 bits per heavy atom. The average molecular weight is 296 g/mol. The second-order valence-electron chi connectivity index (χ2n) is 2.05. The van der Waals surface area contributed by atoms with Gasteiger partial charge >= 0.3 is 0 Å². The van der Waals surface area contributed by atoms with Crippen molar-refractivity contribution in [2.24, 2.45) is 0 Å². The summed E-state index contributed by atoms with van der Waals surface area (Å²) in [6.45, 7) is 0. The van der Waals surface area contributed by atoms with Gasteiger partial charge in [0.1, 0.15) is 0 Å². The number of nitro benzene ring substituents is 1. The van der Waals surface area contributed by atoms with Gasteiger partial charge in [-0.2, -0.15) is 0 Å². The van der Waals surface area contributed by atoms with Crippen molar-refractivity contribution in [3.05, 3.63) is 32.8 Å². The maximum Gasteiger partial charge on any atom is 0.272 e. The highest BCUT2D eigenvalue weighted by Crippen LogP contribution is 2.24. The molecule has 1 aromatic rings. The van der Waals surface area contributed by atoms with Crippen LogP contribution in [0, 0.1) is 10.1 Å². The van der Waals surface area contributed by atoms with Crippen LogP contribution in [0.5, 0.6) is 0 Å². The number of nitrogens with one attached hydrogen (secondary N) is 1. The van der Waals surface area contributed by atoms with Crippen molar-refractivity contribution >= 4 is 43.5 Å². The van der Waals surface area contributed by atoms with E-state index in [0.717, 1.165) is 0 Å². The van der Waals surface area contributed by atoms with E-state index in [9.17, 15) is 10.1 Å². The van der Waals surface area contributed by atoms with Crippen molar-refractivity contribution in [2.75, 3.05) is 4.34 Å². The van der Waals surface area contributed by atoms with E-state index in [1.807, 2.05) is 0 Å². The number of hydrogen-bond acceptors (Lipinski definition) is 3. The first kappa shape index (κ1) is 9.47. The van der Waals surface area contributed by atoms with E-state index in [1.165, 1.54) is 12.1 Å². The van der Waals surface area contributed by atoms with Gasteiger partial charge < -0.3 is 4.34 Å². The third-order valence-electron chi connectivity index (χ3n) is 1.20. The molecule has 1 aromatic carbocycles. The van der Waals surface area contributed by atoms with Crippen LogP contribution in [0.4, 0.5) is 11.4 Å². The standard InChI is InChI=1S/C6H4Br2N2O2/c7-4-1-5(9-8)3-6(2-4)10(11)12/h1-3,9H. The molecule has 0 aliphatic heterocycles. The predicted octanol–water partition coefficient (Wildman–Crippen LogP) is 3.08. The zero-order valence-corrected chi connectivity index (χ0v) is 8.92. The number of benzene rings is 1. The largest absolute Gasteiger partial charge is 0.322 e. The molecule has 0 fully saturated rings. The summed E-state index contributed by atoms with van der Waals surface area (Å²) in [6, 6.07) is 4.59. The zero-order chi connectivity index (χ0) is 9.14. The van der Waals surface area contributed by atoms with Crippen LogP contribution in [-0.2, 0) is 0 Å². The molecule has 0 bridgehead atoms. The lowest BCUT2D eigenvalue weighted by molar-refractivity contribution is -0.384. The van der Waals surface area contributed by atoms with E-state index in [0.29, 0.717) is 10.2 Å². The van der Waals surface area contributed by atoms with E-state index < -0.39 is 4.92 Å². The first-order valence-electron chi connectivity index (χ1n) is 2.95. The Balaban J connectivity index is 3.15. The molecule has 12 heavy (non-hydrogen) atoms. The second kappa shape index (κ2) is 3.86. The van der Waals surface area contributed by atoms with Gasteiger partial charge in [-0.15, -0.1) is 0 Å². The van der Waals surface area contributed by atoms with Crippen LogP contribution < -0.4 is 4.34 Å². The lowest BCUT2D eigenvalue weighted by Crippen LogP contribution is -1.89. The van der Waals surface area contributed by atoms with Gasteiger partial charge in [0.05, 0.1) is 10.6 Å². The summed E-state index contributed by atoms with van der Waals surface area (Å²) < 4.78 is 3.31. The Morgan fingerprint density at radius 2 is 2.08 bits per heavy atom. The SMILES string of the molecule is O=[N+]([O-])c1cc(Br)cc(NBr)c1. The van der Waals surface area contributed by atoms with Gasteiger partial charge in [-0.1, -0.05) is 15.9 Å². The summed E-state index contributed by atoms with van der Waals surface area (Å²) in [5.41, 5.74) is 0.683. The van der Waals surface area contributed by atoms with Crippen molar-refractivity contribution < 1.29 is 4.92 Å². The van der Waals surface area contributed by atoms with E-state index in [1.54, 1.807) is 6.07 Å². The second-order valence-corrected chi connectivity index (χ2v) is 3.36. The Bertz CT molecular complexity index is 316. The predicted molar refractivity (Wildman–Crippen MR) is 53.3 cm³/mol. The summed E-state index contributed by atoms with van der Waals surface area (Å²) in [5, 5.41) is 10.4. The number of anilines is 1. The van der Waals surface area contributed by atoms with Crippen molar-refractivity contribution in [3.63, 3.8) is 0 Å². The molecule has 0 spiro atoms. The van der Waals surface area contributed by atoms with Gasteiger partial charge in [0.2, 0.25) is 0 Å². The van der Waals surface area contributed by atoms with Gasteiger partial charge in [0.25, 0.3) is 5.69 Å². The number of halogens is 2. The molecule has 0 amide bonds. The van der Waals surface area contributed by atoms with Gasteiger partial charge in [-0.25, -0.2) is 0 Å². The van der Waals surface area contributed by atoms with Crippen LogP contribution in [0.3, 0.4) is 0 Å². The monoisotopic (exact) mass is 294 g/mol. The molecule has 0 atom stereocenters. The van der Waals surface area contributed by atoms with Gasteiger partial charge in [0.15, 0.2) is 0 Å². The summed E-state index contributed by atoms with van der Waals surface area (Å²) in [4.78, 5) is 9.92. The highest BCUT2D eigenvalue weighted by molar-refractivity contribution is 9.10. The number of hydrogen-bond donors (Lipinski definition) is 1. The highest BCUT2D eigenvalue weighted by Gasteiger charge is 2.07. The number of rotatable bonds is 2. The molecule has 0 heterocycles. The number of nitro groups is 1. The van der Waals surface area contributed by atoms with Crippen LogP contribution in [0.1, 0.15) is 0 Å². The quantitative estimate of drug-likeness (QED) is 0.518. The lowest BCUT2D eigenvalue weighted by atomic mass is 10.3. The first-order chi connectivity index (χ1) is 5.63. The third kappa shape index (κ3) is 2.18. The molecule has 0 aliphatic carbocycles. The summed E-state index contributed by atoms with van der Waals surface area (Å²) in [7, 11) is 0. The molecule has 0 saturated carbocycles. The van der Waals surface area contributed by atoms with Crippen molar-refractivity contribution in [2.45, 2.75) is 0 Å². The van der Waals surface area contributed by atoms with Crippen LogP contribution in [0.25, 0.3) is 0 Å². The van der Waals surface area contributed by atoms with Gasteiger partial charge in [0, 0.05) is 32.8 Å². The summed E-state index contributed by atoms with van der Waals surface area (Å²) in [6.07, 6.45) is 0. The minimum atomic E-state index is -0.446. The minimum absolute atomic E-state index is 0.0475. The molecule has 6 heteroatoms. The maximum absolute atomic E-state index is 10.4. The number of nitrogens with zero attached hydrogens (tertiary/aromatic N) is 1. The molecule has 64 valence electrons. The molecule has 0 unspecified atom stereocenters. The third-order valence-corrected chi connectivity index (χ3v) is 2.12. The molecule has 1 rings (SSSR count). The van der Waals surface area contributed by atoms with Crippen molar-refractivity contribution in [3.8, 4) is 0 Å². The molecular formula is C6H4Br2N2O2. The minimum Gasteiger partial charge on any atom is -0.322 e. The Labute approximate surface area is 85.6 Å². The van der Waals surface area contributed by atoms with E-state index in [4.69, 9.17) is 0 Å². The normalized spacial score (nSPS) is 9.50. The maximum atomic E-state index is 10.4. The smallest absolute Gasteiger partial charge is 0.272 e. The Morgan fingerprint density at radius 3 is 2.58 bits per heavy atom. The Hall–Kier alpha value is -0.620. The number of non-ortho nitro benzene ring substituents is 1. The lowest BCUT2D eigenvalue weighted by Gasteiger charge is -1.98. The summed E-state index contributed by atoms with van der Waals surface area (Å²) in [5.74, 6) is 0. The van der Waals surface area contributed by atoms with Crippen LogP contribution in [0.2, 0.25) is 0 Å². The van der Waals surface area contributed by atoms with Crippen LogP contribution in [-0.4, -0.2) is 4.92 Å². The highest BCUT2D eigenvalue weighted by atomic mass is 79.9. The van der Waals surface area contributed by atoms with E-state index in [-0.39, 0.29) is 5.69 Å². The van der Waals surface area contributed by atoms with Gasteiger partial charge in [-0.3, -0.25) is 10.1 Å². The van der Waals surface area contributed by atoms with E-state index >= 15 is 0 Å². The molecule has 0 aromatic heterocycles. The van der Waals surface area contributed by atoms with Gasteiger partial charge in [-0.05, 0) is 6.07 Å². The molecule has 0 aliphatic rings. The van der Waals surface area contributed by atoms with Crippen molar-refractivity contribution in [1.29, 1.82) is 0 Å². The molecule has 1 N–H and O–H groups in total. The first-order valence-corrected chi connectivity index (χ1v) is 4.53. The topological polar surface area (TPSA) is 55.2 Å². The van der Waals surface area contributed by atoms with Crippen LogP contribution in [0.15, 0.2) is 22.7 Å². The summed E-state index contributed by atoms with van der Waals surface area (Å²) >= 11 is 6.14. The van der Waals surface area contributed by atoms with Crippen LogP contribution >= 0.6 is 32.1 Å². The molecule has 4 nitrogen and oxygen atoms in total. The molecular weight excluding hydrogens is 292 g/mol. The molecule has 0 saturated heterocycles. The fourth-order valence-corrected chi connectivity index (χ4v) is 1.44. The Kier molecular flexibility index (Phi) is 3.05. The fraction of sp³-hybridized carbons (Fsp3) is 0. The van der Waals surface area contributed by atoms with E-state index in [2.05, 4.69) is 36.4 Å². The zero-order valence-electron chi connectivity index (χ0n) is 5.75. The molecule has 0 radical (unpaired) electrons. The fourth-order valence-electron chi connectivity index (χ4n) is 0.734. The van der Waals surface area contributed by atoms with Crippen molar-refractivity contribution in [1.82, 2.24) is 0 Å².